The molecule has 2 aromatic rings. The Morgan fingerprint density at radius 1 is 1.43 bits per heavy atom. The maximum Gasteiger partial charge on any atom is 0.284 e. The molecule has 10 heteroatoms. The topological polar surface area (TPSA) is 64.0 Å². The van der Waals surface area contributed by atoms with Gasteiger partial charge in [0.15, 0.2) is 5.69 Å². The summed E-state index contributed by atoms with van der Waals surface area (Å²) < 4.78 is 53.8. The zero-order valence-corrected chi connectivity index (χ0v) is 13.7. The van der Waals surface area contributed by atoms with Gasteiger partial charge >= 0.3 is 0 Å². The first-order chi connectivity index (χ1) is 9.70. The Balaban J connectivity index is 2.45. The van der Waals surface area contributed by atoms with Crippen LogP contribution >= 0.6 is 27.5 Å². The molecule has 2 rings (SSSR count). The Labute approximate surface area is 133 Å². The van der Waals surface area contributed by atoms with Crippen LogP contribution in [0, 0.1) is 0 Å². The molecule has 0 fully saturated rings. The molecule has 0 aliphatic carbocycles. The van der Waals surface area contributed by atoms with Gasteiger partial charge in [-0.05, 0) is 18.2 Å². The lowest BCUT2D eigenvalue weighted by atomic mass is 10.4. The van der Waals surface area contributed by atoms with Gasteiger partial charge in [0.2, 0.25) is 0 Å². The molecule has 0 unspecified atom stereocenters. The molecule has 0 bridgehead atoms. The van der Waals surface area contributed by atoms with Crippen molar-refractivity contribution in [2.24, 2.45) is 7.05 Å². The summed E-state index contributed by atoms with van der Waals surface area (Å²) in [6.07, 6.45) is -1.74. The number of halogens is 4. The Bertz CT molecular complexity index is 780. The molecule has 1 aromatic carbocycles. The molecule has 1 N–H and O–H groups in total. The molecule has 1 aromatic heterocycles. The summed E-state index contributed by atoms with van der Waals surface area (Å²) in [5, 5.41) is 3.51. The summed E-state index contributed by atoms with van der Waals surface area (Å²) in [6.45, 7) is 0. The molecule has 114 valence electrons. The van der Waals surface area contributed by atoms with Gasteiger partial charge in [-0.3, -0.25) is 9.40 Å². The molecule has 0 aliphatic rings. The van der Waals surface area contributed by atoms with Gasteiger partial charge < -0.3 is 0 Å². The van der Waals surface area contributed by atoms with Gasteiger partial charge in [0.05, 0.1) is 10.7 Å². The van der Waals surface area contributed by atoms with Crippen LogP contribution in [0.1, 0.15) is 12.1 Å². The van der Waals surface area contributed by atoms with E-state index in [-0.39, 0.29) is 15.6 Å². The number of rotatable bonds is 4. The van der Waals surface area contributed by atoms with Gasteiger partial charge in [0.1, 0.15) is 4.90 Å². The number of sulfonamides is 1. The molecule has 0 spiro atoms. The predicted molar refractivity (Wildman–Crippen MR) is 78.1 cm³/mol. The maximum atomic E-state index is 12.8. The number of alkyl halides is 2. The van der Waals surface area contributed by atoms with Crippen LogP contribution in [0.25, 0.3) is 0 Å². The minimum atomic E-state index is -4.11. The Hall–Kier alpha value is -1.19. The van der Waals surface area contributed by atoms with Crippen molar-refractivity contribution in [2.75, 3.05) is 4.72 Å². The minimum absolute atomic E-state index is 0.0202. The molecule has 0 saturated heterocycles. The zero-order valence-electron chi connectivity index (χ0n) is 10.5. The molecule has 5 nitrogen and oxygen atoms in total. The number of nitrogens with zero attached hydrogens (tertiary/aromatic N) is 2. The quantitative estimate of drug-likeness (QED) is 0.853. The van der Waals surface area contributed by atoms with Crippen LogP contribution < -0.4 is 4.72 Å². The van der Waals surface area contributed by atoms with Crippen LogP contribution in [-0.4, -0.2) is 18.2 Å². The van der Waals surface area contributed by atoms with E-state index in [4.69, 9.17) is 11.6 Å². The van der Waals surface area contributed by atoms with Gasteiger partial charge in [-0.2, -0.15) is 5.10 Å². The van der Waals surface area contributed by atoms with Crippen molar-refractivity contribution >= 4 is 43.2 Å². The number of aryl methyl sites for hydroxylation is 1. The number of nitrogens with one attached hydrogen (secondary N) is 1. The third kappa shape index (κ3) is 3.53. The normalized spacial score (nSPS) is 11.9. The van der Waals surface area contributed by atoms with Gasteiger partial charge in [-0.1, -0.05) is 27.5 Å². The highest BCUT2D eigenvalue weighted by Crippen LogP contribution is 2.30. The lowest BCUT2D eigenvalue weighted by Gasteiger charge is -2.09. The summed E-state index contributed by atoms with van der Waals surface area (Å²) in [7, 11) is -2.70. The highest BCUT2D eigenvalue weighted by molar-refractivity contribution is 9.10. The predicted octanol–water partition coefficient (Wildman–Crippen LogP) is 3.57. The van der Waals surface area contributed by atoms with Crippen molar-refractivity contribution in [3.8, 4) is 0 Å². The van der Waals surface area contributed by atoms with Crippen molar-refractivity contribution in [1.82, 2.24) is 9.78 Å². The van der Waals surface area contributed by atoms with E-state index in [1.165, 1.54) is 19.2 Å². The first kappa shape index (κ1) is 16.2. The van der Waals surface area contributed by atoms with Crippen LogP contribution in [0.4, 0.5) is 14.5 Å². The van der Waals surface area contributed by atoms with Crippen molar-refractivity contribution in [3.63, 3.8) is 0 Å². The average molecular weight is 401 g/mol. The van der Waals surface area contributed by atoms with Crippen molar-refractivity contribution in [3.05, 3.63) is 39.6 Å². The van der Waals surface area contributed by atoms with E-state index in [0.29, 0.717) is 4.47 Å². The molecule has 0 saturated carbocycles. The van der Waals surface area contributed by atoms with E-state index in [2.05, 4.69) is 25.8 Å². The van der Waals surface area contributed by atoms with E-state index < -0.39 is 22.1 Å². The van der Waals surface area contributed by atoms with Crippen LogP contribution in [0.3, 0.4) is 0 Å². The molecule has 1 heterocycles. The SMILES string of the molecule is Cn1cc(NS(=O)(=O)c2cc(Br)ccc2Cl)c(C(F)F)n1. The second kappa shape index (κ2) is 5.90. The summed E-state index contributed by atoms with van der Waals surface area (Å²) >= 11 is 8.97. The van der Waals surface area contributed by atoms with Crippen molar-refractivity contribution < 1.29 is 17.2 Å². The first-order valence-corrected chi connectivity index (χ1v) is 8.15. The molecule has 21 heavy (non-hydrogen) atoms. The van der Waals surface area contributed by atoms with E-state index in [9.17, 15) is 17.2 Å². The highest BCUT2D eigenvalue weighted by Gasteiger charge is 2.24. The lowest BCUT2D eigenvalue weighted by Crippen LogP contribution is -2.14. The fraction of sp³-hybridized carbons (Fsp3) is 0.182. The maximum absolute atomic E-state index is 12.8. The third-order valence-electron chi connectivity index (χ3n) is 2.49. The highest BCUT2D eigenvalue weighted by atomic mass is 79.9. The van der Waals surface area contributed by atoms with E-state index in [1.54, 1.807) is 6.07 Å². The molecular formula is C11H9BrClF2N3O2S. The first-order valence-electron chi connectivity index (χ1n) is 5.50. The van der Waals surface area contributed by atoms with Gasteiger partial charge in [0.25, 0.3) is 16.4 Å². The minimum Gasteiger partial charge on any atom is -0.276 e. The molecule has 0 radical (unpaired) electrons. The number of hydrogen-bond donors (Lipinski definition) is 1. The number of benzene rings is 1. The molecular weight excluding hydrogens is 392 g/mol. The van der Waals surface area contributed by atoms with Crippen LogP contribution in [-0.2, 0) is 17.1 Å². The second-order valence-electron chi connectivity index (χ2n) is 4.08. The molecule has 0 aliphatic heterocycles. The largest absolute Gasteiger partial charge is 0.284 e. The molecule has 0 atom stereocenters. The van der Waals surface area contributed by atoms with Gasteiger partial charge in [-0.25, -0.2) is 17.2 Å². The third-order valence-corrected chi connectivity index (χ3v) is 4.83. The summed E-state index contributed by atoms with van der Waals surface area (Å²) in [6, 6.07) is 4.23. The fourth-order valence-corrected chi connectivity index (χ4v) is 3.73. The molecule has 0 amide bonds. The summed E-state index contributed by atoms with van der Waals surface area (Å²) in [5.41, 5.74) is -0.935. The number of anilines is 1. The Morgan fingerprint density at radius 3 is 2.71 bits per heavy atom. The fourth-order valence-electron chi connectivity index (χ4n) is 1.63. The van der Waals surface area contributed by atoms with Crippen LogP contribution in [0.15, 0.2) is 33.8 Å². The zero-order chi connectivity index (χ0) is 15.8. The summed E-state index contributed by atoms with van der Waals surface area (Å²) in [4.78, 5) is -0.220. The standard InChI is InChI=1S/C11H9BrClF2N3O2S/c1-18-5-8(10(16-18)11(14)15)17-21(19,20)9-4-6(12)2-3-7(9)13/h2-5,11,17H,1H3. The van der Waals surface area contributed by atoms with Gasteiger partial charge in [0, 0.05) is 17.7 Å². The van der Waals surface area contributed by atoms with Crippen molar-refractivity contribution in [2.45, 2.75) is 11.3 Å². The van der Waals surface area contributed by atoms with Crippen LogP contribution in [0.5, 0.6) is 0 Å². The smallest absolute Gasteiger partial charge is 0.276 e. The van der Waals surface area contributed by atoms with Crippen LogP contribution in [0.2, 0.25) is 5.02 Å². The van der Waals surface area contributed by atoms with E-state index in [1.807, 2.05) is 0 Å². The van der Waals surface area contributed by atoms with Crippen molar-refractivity contribution in [1.29, 1.82) is 0 Å². The summed E-state index contributed by atoms with van der Waals surface area (Å²) in [5.74, 6) is 0. The number of aromatic nitrogens is 2. The Morgan fingerprint density at radius 2 is 2.10 bits per heavy atom. The van der Waals surface area contributed by atoms with Gasteiger partial charge in [-0.15, -0.1) is 0 Å². The van der Waals surface area contributed by atoms with E-state index in [0.717, 1.165) is 10.9 Å². The van der Waals surface area contributed by atoms with E-state index >= 15 is 0 Å². The average Bonchev–Trinajstić information content (AvgIpc) is 2.72. The monoisotopic (exact) mass is 399 g/mol. The number of hydrogen-bond acceptors (Lipinski definition) is 3. The second-order valence-corrected chi connectivity index (χ2v) is 7.06. The lowest BCUT2D eigenvalue weighted by molar-refractivity contribution is 0.146. The Kier molecular flexibility index (Phi) is 4.54.